The molecular formula is C20H17NO4. The van der Waals surface area contributed by atoms with Crippen molar-refractivity contribution in [3.63, 3.8) is 0 Å². The first-order valence-electron chi connectivity index (χ1n) is 7.90. The van der Waals surface area contributed by atoms with E-state index in [-0.39, 0.29) is 22.9 Å². The number of aryl methyl sites for hydroxylation is 1. The Kier molecular flexibility index (Phi) is 3.32. The largest absolute Gasteiger partial charge is 0.507 e. The second-order valence-corrected chi connectivity index (χ2v) is 6.03. The number of methoxy groups -OCH3 is 1. The van der Waals surface area contributed by atoms with Gasteiger partial charge in [-0.1, -0.05) is 6.07 Å². The van der Waals surface area contributed by atoms with E-state index in [0.717, 1.165) is 27.9 Å². The Bertz CT molecular complexity index is 1060. The van der Waals surface area contributed by atoms with Gasteiger partial charge in [0, 0.05) is 29.2 Å². The van der Waals surface area contributed by atoms with E-state index >= 15 is 0 Å². The molecule has 1 N–H and O–H groups in total. The zero-order chi connectivity index (χ0) is 17.7. The van der Waals surface area contributed by atoms with E-state index < -0.39 is 0 Å². The van der Waals surface area contributed by atoms with Crippen LogP contribution >= 0.6 is 0 Å². The van der Waals surface area contributed by atoms with E-state index in [1.165, 1.54) is 6.07 Å². The zero-order valence-corrected chi connectivity index (χ0v) is 14.2. The quantitative estimate of drug-likeness (QED) is 0.723. The molecule has 126 valence electrons. The third-order valence-electron chi connectivity index (χ3n) is 4.70. The van der Waals surface area contributed by atoms with Crippen LogP contribution in [0.15, 0.2) is 42.2 Å². The van der Waals surface area contributed by atoms with Gasteiger partial charge in [0.2, 0.25) is 5.78 Å². The molecule has 2 aromatic carbocycles. The molecule has 0 fully saturated rings. The molecule has 0 radical (unpaired) electrons. The molecule has 0 aliphatic carbocycles. The summed E-state index contributed by atoms with van der Waals surface area (Å²) in [5.74, 6) is 0.952. The van der Waals surface area contributed by atoms with Crippen LogP contribution in [0, 0.1) is 6.92 Å². The number of aromatic hydroxyl groups is 1. The summed E-state index contributed by atoms with van der Waals surface area (Å²) in [6.07, 6.45) is 1.74. The lowest BCUT2D eigenvalue weighted by atomic mass is 10.1. The average Bonchev–Trinajstić information content (AvgIpc) is 3.05. The van der Waals surface area contributed by atoms with Crippen LogP contribution in [0.2, 0.25) is 0 Å². The maximum atomic E-state index is 12.6. The number of carbonyl (C=O) groups is 1. The average molecular weight is 335 g/mol. The molecule has 25 heavy (non-hydrogen) atoms. The lowest BCUT2D eigenvalue weighted by molar-refractivity contribution is 0.101. The summed E-state index contributed by atoms with van der Waals surface area (Å²) >= 11 is 0. The van der Waals surface area contributed by atoms with Crippen molar-refractivity contribution in [1.82, 2.24) is 4.57 Å². The topological polar surface area (TPSA) is 60.7 Å². The van der Waals surface area contributed by atoms with Crippen LogP contribution in [0.5, 0.6) is 17.2 Å². The normalized spacial score (nSPS) is 14.8. The highest BCUT2D eigenvalue weighted by atomic mass is 16.5. The summed E-state index contributed by atoms with van der Waals surface area (Å²) in [7, 11) is 3.60. The molecule has 0 saturated carbocycles. The van der Waals surface area contributed by atoms with Crippen LogP contribution in [-0.2, 0) is 7.05 Å². The van der Waals surface area contributed by atoms with Crippen molar-refractivity contribution in [3.05, 3.63) is 59.0 Å². The van der Waals surface area contributed by atoms with Gasteiger partial charge in [0.25, 0.3) is 0 Å². The molecule has 4 rings (SSSR count). The molecule has 0 unspecified atom stereocenters. The van der Waals surface area contributed by atoms with Gasteiger partial charge in [-0.25, -0.2) is 0 Å². The van der Waals surface area contributed by atoms with Gasteiger partial charge in [0.05, 0.1) is 7.11 Å². The summed E-state index contributed by atoms with van der Waals surface area (Å²) < 4.78 is 13.1. The Balaban J connectivity index is 1.89. The molecule has 0 amide bonds. The lowest BCUT2D eigenvalue weighted by Gasteiger charge is -2.01. The van der Waals surface area contributed by atoms with Crippen LogP contribution < -0.4 is 9.47 Å². The first-order valence-corrected chi connectivity index (χ1v) is 7.90. The summed E-state index contributed by atoms with van der Waals surface area (Å²) in [5, 5.41) is 10.9. The minimum atomic E-state index is -0.313. The smallest absolute Gasteiger partial charge is 0.235 e. The number of ether oxygens (including phenoxy) is 2. The molecule has 5 nitrogen and oxygen atoms in total. The maximum absolute atomic E-state index is 12.6. The SMILES string of the molecule is COc1ccc2c(c1)c(C=C1Oc3cccc(O)c3C1=O)c(C)n2C. The van der Waals surface area contributed by atoms with Gasteiger partial charge in [0.1, 0.15) is 22.8 Å². The van der Waals surface area contributed by atoms with Crippen LogP contribution in [-0.4, -0.2) is 22.6 Å². The second-order valence-electron chi connectivity index (χ2n) is 6.03. The maximum Gasteiger partial charge on any atom is 0.235 e. The van der Waals surface area contributed by atoms with E-state index in [1.54, 1.807) is 25.3 Å². The number of allylic oxidation sites excluding steroid dienone is 1. The number of hydrogen-bond donors (Lipinski definition) is 1. The number of hydrogen-bond acceptors (Lipinski definition) is 4. The standard InChI is InChI=1S/C20H17NO4/c1-11-13(14-9-12(24-3)7-8-15(14)21(11)2)10-18-20(23)19-16(22)5-4-6-17(19)25-18/h4-10,22H,1-3H3. The summed E-state index contributed by atoms with van der Waals surface area (Å²) in [5.41, 5.74) is 3.15. The Morgan fingerprint density at radius 1 is 1.24 bits per heavy atom. The molecule has 2 heterocycles. The minimum Gasteiger partial charge on any atom is -0.507 e. The highest BCUT2D eigenvalue weighted by Crippen LogP contribution is 2.38. The fraction of sp³-hybridized carbons (Fsp3) is 0.150. The van der Waals surface area contributed by atoms with Gasteiger partial charge < -0.3 is 19.1 Å². The Morgan fingerprint density at radius 3 is 2.76 bits per heavy atom. The zero-order valence-electron chi connectivity index (χ0n) is 14.2. The van der Waals surface area contributed by atoms with Gasteiger partial charge in [-0.2, -0.15) is 0 Å². The number of carbonyl (C=O) groups excluding carboxylic acids is 1. The Labute approximate surface area is 144 Å². The third-order valence-corrected chi connectivity index (χ3v) is 4.70. The number of benzene rings is 2. The summed E-state index contributed by atoms with van der Waals surface area (Å²) in [6.45, 7) is 1.99. The van der Waals surface area contributed by atoms with Gasteiger partial charge in [0.15, 0.2) is 5.76 Å². The van der Waals surface area contributed by atoms with Crippen molar-refractivity contribution < 1.29 is 19.4 Å². The van der Waals surface area contributed by atoms with E-state index in [1.807, 2.05) is 32.2 Å². The van der Waals surface area contributed by atoms with Gasteiger partial charge >= 0.3 is 0 Å². The summed E-state index contributed by atoms with van der Waals surface area (Å²) in [4.78, 5) is 12.6. The second kappa shape index (κ2) is 5.41. The number of nitrogens with zero attached hydrogens (tertiary/aromatic N) is 1. The highest BCUT2D eigenvalue weighted by Gasteiger charge is 2.30. The molecule has 0 bridgehead atoms. The first-order chi connectivity index (χ1) is 12.0. The number of phenolic OH excluding ortho intramolecular Hbond substituents is 1. The van der Waals surface area contributed by atoms with Crippen molar-refractivity contribution >= 4 is 22.8 Å². The first kappa shape index (κ1) is 15.3. The number of phenols is 1. The molecule has 0 spiro atoms. The fourth-order valence-corrected chi connectivity index (χ4v) is 3.24. The molecule has 0 saturated heterocycles. The van der Waals surface area contributed by atoms with Crippen molar-refractivity contribution in [1.29, 1.82) is 0 Å². The molecule has 5 heteroatoms. The predicted molar refractivity (Wildman–Crippen MR) is 95.3 cm³/mol. The summed E-state index contributed by atoms with van der Waals surface area (Å²) in [6, 6.07) is 10.6. The number of fused-ring (bicyclic) bond motifs is 2. The Hall–Kier alpha value is -3.21. The van der Waals surface area contributed by atoms with Crippen LogP contribution in [0.4, 0.5) is 0 Å². The number of aromatic nitrogens is 1. The third kappa shape index (κ3) is 2.20. The molecule has 1 aliphatic heterocycles. The number of ketones is 1. The highest BCUT2D eigenvalue weighted by molar-refractivity contribution is 6.16. The molecule has 3 aromatic rings. The monoisotopic (exact) mass is 335 g/mol. The van der Waals surface area contributed by atoms with Crippen molar-refractivity contribution in [3.8, 4) is 17.2 Å². The van der Waals surface area contributed by atoms with E-state index in [0.29, 0.717) is 5.75 Å². The van der Waals surface area contributed by atoms with Gasteiger partial charge in [-0.3, -0.25) is 4.79 Å². The molecule has 1 aromatic heterocycles. The number of Topliss-reactive ketones (excluding diaryl/α,β-unsaturated/α-hetero) is 1. The number of rotatable bonds is 2. The fourth-order valence-electron chi connectivity index (χ4n) is 3.24. The van der Waals surface area contributed by atoms with Crippen LogP contribution in [0.3, 0.4) is 0 Å². The van der Waals surface area contributed by atoms with E-state index in [9.17, 15) is 9.90 Å². The molecule has 1 aliphatic rings. The predicted octanol–water partition coefficient (Wildman–Crippen LogP) is 3.82. The van der Waals surface area contributed by atoms with Crippen molar-refractivity contribution in [2.45, 2.75) is 6.92 Å². The van der Waals surface area contributed by atoms with Crippen LogP contribution in [0.1, 0.15) is 21.6 Å². The van der Waals surface area contributed by atoms with Gasteiger partial charge in [-0.05, 0) is 43.3 Å². The molecule has 0 atom stereocenters. The van der Waals surface area contributed by atoms with E-state index in [4.69, 9.17) is 9.47 Å². The van der Waals surface area contributed by atoms with Gasteiger partial charge in [-0.15, -0.1) is 0 Å². The van der Waals surface area contributed by atoms with Crippen molar-refractivity contribution in [2.24, 2.45) is 7.05 Å². The van der Waals surface area contributed by atoms with E-state index in [2.05, 4.69) is 4.57 Å². The molecular weight excluding hydrogens is 318 g/mol. The lowest BCUT2D eigenvalue weighted by Crippen LogP contribution is -1.99. The minimum absolute atomic E-state index is 0.0674. The van der Waals surface area contributed by atoms with Crippen molar-refractivity contribution in [2.75, 3.05) is 7.11 Å². The Morgan fingerprint density at radius 2 is 2.04 bits per heavy atom. The van der Waals surface area contributed by atoms with Crippen LogP contribution in [0.25, 0.3) is 17.0 Å².